The molecule has 0 aliphatic heterocycles. The van der Waals surface area contributed by atoms with Gasteiger partial charge in [0.25, 0.3) is 0 Å². The maximum atomic E-state index is 10.4. The molecule has 0 aromatic heterocycles. The summed E-state index contributed by atoms with van der Waals surface area (Å²) in [6, 6.07) is -0.786. The van der Waals surface area contributed by atoms with E-state index in [4.69, 9.17) is 16.6 Å². The second-order valence-corrected chi connectivity index (χ2v) is 5.05. The molecule has 0 unspecified atom stereocenters. The van der Waals surface area contributed by atoms with Gasteiger partial charge < -0.3 is 16.6 Å². The Balaban J connectivity index is -0.00000128. The molecule has 116 valence electrons. The zero-order valence-corrected chi connectivity index (χ0v) is 13.7. The van der Waals surface area contributed by atoms with Crippen LogP contribution >= 0.6 is 36.6 Å². The molecule has 19 heavy (non-hydrogen) atoms. The summed E-state index contributed by atoms with van der Waals surface area (Å²) in [5.41, 5.74) is 11.1. The van der Waals surface area contributed by atoms with Gasteiger partial charge in [-0.15, -0.1) is 24.8 Å². The highest BCUT2D eigenvalue weighted by molar-refractivity contribution is 7.99. The molecule has 0 radical (unpaired) electrons. The van der Waals surface area contributed by atoms with Gasteiger partial charge in [0.1, 0.15) is 6.04 Å². The van der Waals surface area contributed by atoms with Gasteiger partial charge in [-0.05, 0) is 25.0 Å². The van der Waals surface area contributed by atoms with Crippen LogP contribution in [0.15, 0.2) is 4.99 Å². The van der Waals surface area contributed by atoms with Crippen molar-refractivity contribution in [1.82, 2.24) is 0 Å². The van der Waals surface area contributed by atoms with Crippen molar-refractivity contribution in [3.8, 4) is 0 Å². The molecule has 0 spiro atoms. The van der Waals surface area contributed by atoms with Gasteiger partial charge in [-0.1, -0.05) is 6.92 Å². The first-order valence-electron chi connectivity index (χ1n) is 5.92. The van der Waals surface area contributed by atoms with E-state index < -0.39 is 12.0 Å². The largest absolute Gasteiger partial charge is 0.480 e. The lowest BCUT2D eigenvalue weighted by atomic mass is 10.2. The summed E-state index contributed by atoms with van der Waals surface area (Å²) in [6.45, 7) is 2.71. The molecule has 5 N–H and O–H groups in total. The number of carboxylic acids is 1. The lowest BCUT2D eigenvalue weighted by Crippen LogP contribution is -2.30. The van der Waals surface area contributed by atoms with Crippen LogP contribution in [0, 0.1) is 0 Å². The molecule has 0 aliphatic carbocycles. The summed E-state index contributed by atoms with van der Waals surface area (Å²) in [7, 11) is 0. The minimum atomic E-state index is -0.960. The number of carboxylic acid groups (broad SMARTS) is 1. The molecule has 0 aliphatic rings. The van der Waals surface area contributed by atoms with Crippen LogP contribution in [-0.4, -0.2) is 41.0 Å². The monoisotopic (exact) mass is 333 g/mol. The van der Waals surface area contributed by atoms with E-state index in [-0.39, 0.29) is 24.8 Å². The summed E-state index contributed by atoms with van der Waals surface area (Å²) in [5.74, 6) is 1.84. The number of nitrogens with two attached hydrogens (primary N) is 2. The zero-order valence-electron chi connectivity index (χ0n) is 11.2. The number of thioether (sulfide) groups is 1. The highest BCUT2D eigenvalue weighted by atomic mass is 35.5. The average Bonchev–Trinajstić information content (AvgIpc) is 2.29. The Morgan fingerprint density at radius 3 is 2.53 bits per heavy atom. The Hall–Kier alpha value is -0.170. The molecule has 1 atom stereocenters. The summed E-state index contributed by atoms with van der Waals surface area (Å²) in [4.78, 5) is 14.6. The standard InChI is InChI=1S/C11H23N3O2S.2ClH/c1-2-7-17-8-5-10(13)14-6-3-4-9(12)11(15)16;;/h9H,2-8,12H2,1H3,(H2,13,14)(H,15,16);2*1H/t9-;;/m0../s1. The molecular formula is C11H25Cl2N3O2S. The van der Waals surface area contributed by atoms with Crippen molar-refractivity contribution in [1.29, 1.82) is 0 Å². The fraction of sp³-hybridized carbons (Fsp3) is 0.818. The van der Waals surface area contributed by atoms with E-state index in [1.807, 2.05) is 11.8 Å². The zero-order chi connectivity index (χ0) is 13.1. The summed E-state index contributed by atoms with van der Waals surface area (Å²) in [5, 5.41) is 8.57. The minimum Gasteiger partial charge on any atom is -0.480 e. The third-order valence-electron chi connectivity index (χ3n) is 2.16. The van der Waals surface area contributed by atoms with E-state index in [0.717, 1.165) is 17.9 Å². The molecule has 8 heteroatoms. The van der Waals surface area contributed by atoms with Crippen molar-refractivity contribution >= 4 is 48.4 Å². The van der Waals surface area contributed by atoms with E-state index in [1.165, 1.54) is 6.42 Å². The fourth-order valence-electron chi connectivity index (χ4n) is 1.16. The number of halogens is 2. The van der Waals surface area contributed by atoms with Gasteiger partial charge in [-0.2, -0.15) is 11.8 Å². The molecular weight excluding hydrogens is 309 g/mol. The Bertz CT molecular complexity index is 256. The minimum absolute atomic E-state index is 0. The summed E-state index contributed by atoms with van der Waals surface area (Å²) < 4.78 is 0. The highest BCUT2D eigenvalue weighted by Gasteiger charge is 2.09. The molecule has 5 nitrogen and oxygen atoms in total. The lowest BCUT2D eigenvalue weighted by molar-refractivity contribution is -0.138. The number of amidine groups is 1. The number of rotatable bonds is 10. The molecule has 0 amide bonds. The van der Waals surface area contributed by atoms with Gasteiger partial charge >= 0.3 is 5.97 Å². The van der Waals surface area contributed by atoms with Gasteiger partial charge in [-0.3, -0.25) is 9.79 Å². The molecule has 0 aromatic carbocycles. The molecule has 0 fully saturated rings. The molecule has 0 rings (SSSR count). The van der Waals surface area contributed by atoms with E-state index in [0.29, 0.717) is 25.2 Å². The molecule has 0 aromatic rings. The topological polar surface area (TPSA) is 102 Å². The SMILES string of the molecule is CCCSCCC(N)=NCCC[C@H](N)C(=O)O.Cl.Cl. The first kappa shape index (κ1) is 23.9. The molecule has 0 saturated carbocycles. The van der Waals surface area contributed by atoms with Crippen LogP contribution in [0.4, 0.5) is 0 Å². The molecule has 0 heterocycles. The van der Waals surface area contributed by atoms with Crippen LogP contribution in [0.5, 0.6) is 0 Å². The third-order valence-corrected chi connectivity index (χ3v) is 3.35. The maximum absolute atomic E-state index is 10.4. The van der Waals surface area contributed by atoms with E-state index in [9.17, 15) is 4.79 Å². The van der Waals surface area contributed by atoms with Crippen molar-refractivity contribution in [3.05, 3.63) is 0 Å². The Morgan fingerprint density at radius 2 is 2.00 bits per heavy atom. The third kappa shape index (κ3) is 15.8. The number of hydrogen-bond acceptors (Lipinski definition) is 4. The number of aliphatic imine (C=N–C) groups is 1. The number of nitrogens with zero attached hydrogens (tertiary/aromatic N) is 1. The van der Waals surface area contributed by atoms with Gasteiger partial charge in [-0.25, -0.2) is 0 Å². The first-order chi connectivity index (χ1) is 8.07. The second-order valence-electron chi connectivity index (χ2n) is 3.82. The van der Waals surface area contributed by atoms with Gasteiger partial charge in [0.2, 0.25) is 0 Å². The lowest BCUT2D eigenvalue weighted by Gasteiger charge is -2.04. The van der Waals surface area contributed by atoms with Gasteiger partial charge in [0.05, 0.1) is 5.84 Å². The summed E-state index contributed by atoms with van der Waals surface area (Å²) >= 11 is 1.87. The maximum Gasteiger partial charge on any atom is 0.320 e. The number of aliphatic carboxylic acids is 1. The Labute approximate surface area is 131 Å². The predicted octanol–water partition coefficient (Wildman–Crippen LogP) is 1.91. The first-order valence-corrected chi connectivity index (χ1v) is 7.08. The van der Waals surface area contributed by atoms with E-state index in [2.05, 4.69) is 11.9 Å². The smallest absolute Gasteiger partial charge is 0.320 e. The quantitative estimate of drug-likeness (QED) is 0.322. The van der Waals surface area contributed by atoms with E-state index >= 15 is 0 Å². The Morgan fingerprint density at radius 1 is 1.37 bits per heavy atom. The fourth-order valence-corrected chi connectivity index (χ4v) is 2.01. The van der Waals surface area contributed by atoms with Crippen LogP contribution in [0.1, 0.15) is 32.6 Å². The highest BCUT2D eigenvalue weighted by Crippen LogP contribution is 2.04. The van der Waals surface area contributed by atoms with Crippen molar-refractivity contribution in [2.45, 2.75) is 38.6 Å². The van der Waals surface area contributed by atoms with Crippen LogP contribution in [-0.2, 0) is 4.79 Å². The van der Waals surface area contributed by atoms with Gasteiger partial charge in [0, 0.05) is 18.7 Å². The van der Waals surface area contributed by atoms with Crippen molar-refractivity contribution in [2.24, 2.45) is 16.5 Å². The normalized spacial score (nSPS) is 12.2. The number of hydrogen-bond donors (Lipinski definition) is 3. The van der Waals surface area contributed by atoms with Crippen molar-refractivity contribution in [2.75, 3.05) is 18.1 Å². The average molecular weight is 334 g/mol. The number of carbonyl (C=O) groups is 1. The molecule has 0 bridgehead atoms. The summed E-state index contributed by atoms with van der Waals surface area (Å²) in [6.07, 6.45) is 3.08. The van der Waals surface area contributed by atoms with Crippen LogP contribution in [0.3, 0.4) is 0 Å². The molecule has 0 saturated heterocycles. The van der Waals surface area contributed by atoms with Crippen molar-refractivity contribution in [3.63, 3.8) is 0 Å². The van der Waals surface area contributed by atoms with Crippen LogP contribution < -0.4 is 11.5 Å². The van der Waals surface area contributed by atoms with E-state index in [1.54, 1.807) is 0 Å². The van der Waals surface area contributed by atoms with Crippen molar-refractivity contribution < 1.29 is 9.90 Å². The van der Waals surface area contributed by atoms with Gasteiger partial charge in [0.15, 0.2) is 0 Å². The second kappa shape index (κ2) is 15.9. The van der Waals surface area contributed by atoms with Crippen LogP contribution in [0.25, 0.3) is 0 Å². The predicted molar refractivity (Wildman–Crippen MR) is 88.1 cm³/mol. The Kier molecular flexibility index (Phi) is 20.0. The van der Waals surface area contributed by atoms with Crippen LogP contribution in [0.2, 0.25) is 0 Å².